The Morgan fingerprint density at radius 1 is 0.324 bits per heavy atom. The fourth-order valence-electron chi connectivity index (χ4n) is 10.00. The van der Waals surface area contributed by atoms with Crippen molar-refractivity contribution >= 4 is 64.9 Å². The molecule has 3 aromatic carbocycles. The van der Waals surface area contributed by atoms with Crippen molar-refractivity contribution in [1.82, 2.24) is 29.9 Å². The number of nitrogens with zero attached hydrogens (tertiary/aromatic N) is 6. The van der Waals surface area contributed by atoms with Crippen LogP contribution in [0.1, 0.15) is 83.1 Å². The van der Waals surface area contributed by atoms with E-state index in [0.717, 1.165) is 89.4 Å². The van der Waals surface area contributed by atoms with Crippen LogP contribution in [0, 0.1) is 21.7 Å². The van der Waals surface area contributed by atoms with Gasteiger partial charge >= 0.3 is 50.0 Å². The van der Waals surface area contributed by atoms with Gasteiger partial charge in [0, 0.05) is 47.1 Å². The molecule has 0 spiro atoms. The zero-order valence-electron chi connectivity index (χ0n) is 57.0. The standard InChI is InChI=1S/C44H28N6.2C14H20O2.2CHF3O3S.2H2O.2Ru/c1-5-19-45-37(15-1)41-24-31(25-42(49-41)38-16-2-6-20-46-38)33-13-9-11-29-23-30-12-10-14-34(36(30)28-35(29)33)32-26-43(39-17-3-7-21-47-39)50-44(27-32)40-18-4-8-22-48-40;2*1-13(2,3)9-7-8-10(14(4,5)6)12(16)11(9)15;2*2-1(3,4)8(5,6)7;;;;/h1-28H;2*7-8H,1-6H3;2*(H,5,6,7);2*1H2;;/q;;;;;;;2*+1/p-2. The Morgan fingerprint density at radius 3 is 0.735 bits per heavy atom. The predicted octanol–water partition coefficient (Wildman–Crippen LogP) is 15.0. The fourth-order valence-corrected chi connectivity index (χ4v) is 10.00. The molecule has 28 heteroatoms. The van der Waals surface area contributed by atoms with Crippen LogP contribution in [-0.2, 0) is 78.4 Å². The van der Waals surface area contributed by atoms with Gasteiger partial charge in [0.25, 0.3) is 0 Å². The molecule has 0 bridgehead atoms. The molecule has 0 unspecified atom stereocenters. The molecule has 2 aliphatic carbocycles. The van der Waals surface area contributed by atoms with Crippen molar-refractivity contribution in [3.63, 3.8) is 0 Å². The van der Waals surface area contributed by atoms with E-state index in [4.69, 9.17) is 35.9 Å². The number of hydrogen-bond donors (Lipinski definition) is 0. The minimum atomic E-state index is -6.09. The maximum atomic E-state index is 12.0. The Hall–Kier alpha value is -8.71. The van der Waals surface area contributed by atoms with Crippen molar-refractivity contribution in [2.24, 2.45) is 21.7 Å². The summed E-state index contributed by atoms with van der Waals surface area (Å²) in [6.07, 6.45) is 14.4. The van der Waals surface area contributed by atoms with Gasteiger partial charge in [0.15, 0.2) is 20.2 Å². The van der Waals surface area contributed by atoms with Crippen LogP contribution in [0.5, 0.6) is 0 Å². The van der Waals surface area contributed by atoms with Crippen molar-refractivity contribution in [3.8, 4) is 67.8 Å². The molecule has 102 heavy (non-hydrogen) atoms. The molecule has 0 saturated carbocycles. The first-order valence-electron chi connectivity index (χ1n) is 30.1. The number of Topliss-reactive ketones (excluding diaryl/α,β-unsaturated/α-hetero) is 4. The van der Waals surface area contributed by atoms with Crippen molar-refractivity contribution < 1.29 is 121 Å². The van der Waals surface area contributed by atoms with Crippen LogP contribution < -0.4 is 0 Å². The summed E-state index contributed by atoms with van der Waals surface area (Å²) in [5, 5.41) is 4.59. The number of hydrogen-bond acceptors (Lipinski definition) is 16. The van der Waals surface area contributed by atoms with E-state index in [1.165, 1.54) is 0 Å². The molecule has 0 aliphatic heterocycles. The molecule has 4 N–H and O–H groups in total. The van der Waals surface area contributed by atoms with E-state index in [9.17, 15) is 45.5 Å². The summed E-state index contributed by atoms with van der Waals surface area (Å²) in [5.74, 6) is -1.39. The summed E-state index contributed by atoms with van der Waals surface area (Å²) in [4.78, 5) is 76.4. The number of carbonyl (C=O) groups is 4. The van der Waals surface area contributed by atoms with Gasteiger partial charge < -0.3 is 20.1 Å². The molecule has 2 radical (unpaired) electrons. The summed E-state index contributed by atoms with van der Waals surface area (Å²) in [6, 6.07) is 49.6. The Labute approximate surface area is 612 Å². The quantitative estimate of drug-likeness (QED) is 0.0284. The Morgan fingerprint density at radius 2 is 0.549 bits per heavy atom. The smallest absolute Gasteiger partial charge is 0.741 e. The van der Waals surface area contributed by atoms with E-state index in [2.05, 4.69) is 92.7 Å². The van der Waals surface area contributed by atoms with Gasteiger partial charge in [0.05, 0.1) is 45.6 Å². The van der Waals surface area contributed by atoms with E-state index < -0.39 is 31.3 Å². The second-order valence-corrected chi connectivity index (χ2v) is 29.2. The van der Waals surface area contributed by atoms with E-state index in [-0.39, 0.29) is 94.7 Å². The zero-order valence-corrected chi connectivity index (χ0v) is 62.1. The van der Waals surface area contributed by atoms with Gasteiger partial charge in [-0.15, -0.1) is 0 Å². The SMILES string of the molecule is CC(C)(C)C1=CC=C(C(C)(C)C)C(=O)C1=O.CC(C)(C)C1=CC=C(C(C)(C)C)C(=O)C1=O.O.O.O=S(=O)([O-])C(F)(F)F.O=S(=O)([O-])C(F)(F)F.[Ru+].[Ru+].c1ccc(-c2cc(-c3cccc4cc5cccc(-c6cc(-c7ccccn7)nc(-c7ccccn7)c6)c5cc34)cc(-c3ccccn3)n2)nc1. The number of aromatic nitrogens is 6. The summed E-state index contributed by atoms with van der Waals surface area (Å²) >= 11 is 0. The summed E-state index contributed by atoms with van der Waals surface area (Å²) < 4.78 is 118. The van der Waals surface area contributed by atoms with Crippen LogP contribution in [0.2, 0.25) is 0 Å². The first kappa shape index (κ1) is 87.5. The molecule has 18 nitrogen and oxygen atoms in total. The van der Waals surface area contributed by atoms with Gasteiger partial charge in [-0.1, -0.05) is 168 Å². The average molecular weight is 1620 g/mol. The molecule has 6 heterocycles. The average Bonchev–Trinajstić information content (AvgIpc) is 0.760. The Kier molecular flexibility index (Phi) is 29.6. The van der Waals surface area contributed by atoms with E-state index in [1.54, 1.807) is 49.1 Å². The second-order valence-electron chi connectivity index (χ2n) is 26.5. The van der Waals surface area contributed by atoms with Gasteiger partial charge in [0.2, 0.25) is 23.1 Å². The van der Waals surface area contributed by atoms with Crippen molar-refractivity contribution in [2.75, 3.05) is 0 Å². The number of carbonyl (C=O) groups excluding carboxylic acids is 4. The molecule has 0 saturated heterocycles. The number of halogens is 6. The molecular weight excluding hydrogens is 1550 g/mol. The largest absolute Gasteiger partial charge is 1.00 e. The minimum absolute atomic E-state index is 0. The molecular formula is C74H72F6N6O12Ru2S2. The molecule has 2 aliphatic rings. The number of benzene rings is 3. The topological polar surface area (TPSA) is 323 Å². The normalized spacial score (nSPS) is 13.5. The molecule has 0 amide bonds. The van der Waals surface area contributed by atoms with Gasteiger partial charge in [-0.05, 0) is 150 Å². The Bertz CT molecular complexity index is 4380. The fraction of sp³-hybridized carbons (Fsp3) is 0.243. The van der Waals surface area contributed by atoms with Crippen molar-refractivity contribution in [2.45, 2.75) is 94.1 Å². The summed E-state index contributed by atoms with van der Waals surface area (Å²) in [7, 11) is -12.2. The number of alkyl halides is 6. The van der Waals surface area contributed by atoms with Crippen LogP contribution in [0.4, 0.5) is 26.3 Å². The van der Waals surface area contributed by atoms with Gasteiger partial charge in [-0.2, -0.15) is 26.3 Å². The summed E-state index contributed by atoms with van der Waals surface area (Å²) in [5.41, 5.74) is 0.750. The third-order valence-electron chi connectivity index (χ3n) is 14.9. The van der Waals surface area contributed by atoms with Gasteiger partial charge in [-0.25, -0.2) is 26.8 Å². The first-order valence-corrected chi connectivity index (χ1v) is 32.9. The van der Waals surface area contributed by atoms with Crippen molar-refractivity contribution in [1.29, 1.82) is 0 Å². The molecule has 6 aromatic heterocycles. The minimum Gasteiger partial charge on any atom is -0.741 e. The number of allylic oxidation sites excluding steroid dienone is 8. The van der Waals surface area contributed by atoms with Gasteiger partial charge in [-0.3, -0.25) is 39.1 Å². The second kappa shape index (κ2) is 34.5. The van der Waals surface area contributed by atoms with E-state index >= 15 is 0 Å². The monoisotopic (exact) mass is 1620 g/mol. The zero-order chi connectivity index (χ0) is 72.7. The molecule has 9 aromatic rings. The third-order valence-corrected chi connectivity index (χ3v) is 16.0. The predicted molar refractivity (Wildman–Crippen MR) is 370 cm³/mol. The molecule has 0 fully saturated rings. The van der Waals surface area contributed by atoms with E-state index in [0.29, 0.717) is 22.3 Å². The third kappa shape index (κ3) is 22.2. The maximum absolute atomic E-state index is 12.0. The Balaban J connectivity index is 0.000000425. The number of rotatable bonds is 6. The molecule has 540 valence electrons. The molecule has 11 rings (SSSR count). The number of ketones is 4. The van der Waals surface area contributed by atoms with Crippen LogP contribution in [0.3, 0.4) is 0 Å². The van der Waals surface area contributed by atoms with E-state index in [1.807, 2.05) is 156 Å². The van der Waals surface area contributed by atoms with Crippen molar-refractivity contribution in [3.05, 3.63) is 217 Å². The number of fused-ring (bicyclic) bond motifs is 2. The van der Waals surface area contributed by atoms with Crippen LogP contribution in [0.15, 0.2) is 217 Å². The van der Waals surface area contributed by atoms with Crippen LogP contribution in [0.25, 0.3) is 89.4 Å². The first-order chi connectivity index (χ1) is 45.4. The molecule has 0 atom stereocenters. The number of pyridine rings is 6. The van der Waals surface area contributed by atoms with Crippen LogP contribution in [-0.4, -0.2) is 101 Å². The van der Waals surface area contributed by atoms with Crippen LogP contribution >= 0.6 is 0 Å². The maximum Gasteiger partial charge on any atom is 1.00 e. The summed E-state index contributed by atoms with van der Waals surface area (Å²) in [6.45, 7) is 23.3. The van der Waals surface area contributed by atoms with Gasteiger partial charge in [0.1, 0.15) is 0 Å².